The summed E-state index contributed by atoms with van der Waals surface area (Å²) in [5.74, 6) is 0.113. The molecule has 1 atom stereocenters. The summed E-state index contributed by atoms with van der Waals surface area (Å²) >= 11 is 0. The second kappa shape index (κ2) is 7.18. The summed E-state index contributed by atoms with van der Waals surface area (Å²) in [6.45, 7) is 5.98. The fourth-order valence-corrected chi connectivity index (χ4v) is 3.19. The molecule has 1 aliphatic rings. The van der Waals surface area contributed by atoms with Crippen LogP contribution in [0.3, 0.4) is 0 Å². The van der Waals surface area contributed by atoms with Gasteiger partial charge in [-0.3, -0.25) is 9.78 Å². The van der Waals surface area contributed by atoms with Crippen LogP contribution in [0.1, 0.15) is 40.3 Å². The van der Waals surface area contributed by atoms with Crippen molar-refractivity contribution < 1.29 is 9.53 Å². The predicted octanol–water partition coefficient (Wildman–Crippen LogP) is 2.86. The van der Waals surface area contributed by atoms with E-state index in [-0.39, 0.29) is 12.0 Å². The van der Waals surface area contributed by atoms with E-state index in [9.17, 15) is 4.79 Å². The van der Waals surface area contributed by atoms with Gasteiger partial charge in [-0.05, 0) is 44.9 Å². The number of rotatable bonds is 4. The molecular formula is C19H25N3O2. The van der Waals surface area contributed by atoms with Crippen molar-refractivity contribution >= 4 is 5.91 Å². The lowest BCUT2D eigenvalue weighted by Crippen LogP contribution is -2.43. The number of aromatic nitrogens is 2. The van der Waals surface area contributed by atoms with Crippen molar-refractivity contribution in [3.05, 3.63) is 53.1 Å². The zero-order chi connectivity index (χ0) is 17.1. The van der Waals surface area contributed by atoms with Crippen molar-refractivity contribution in [2.45, 2.75) is 39.4 Å². The molecule has 0 N–H and O–H groups in total. The van der Waals surface area contributed by atoms with Gasteiger partial charge in [0.25, 0.3) is 5.91 Å². The lowest BCUT2D eigenvalue weighted by Gasteiger charge is -2.32. The van der Waals surface area contributed by atoms with E-state index in [4.69, 9.17) is 4.74 Å². The van der Waals surface area contributed by atoms with E-state index >= 15 is 0 Å². The summed E-state index contributed by atoms with van der Waals surface area (Å²) in [7, 11) is 2.00. The first-order chi connectivity index (χ1) is 11.6. The molecule has 3 rings (SSSR count). The van der Waals surface area contributed by atoms with E-state index in [1.54, 1.807) is 6.20 Å². The fourth-order valence-electron chi connectivity index (χ4n) is 3.19. The van der Waals surface area contributed by atoms with E-state index in [1.165, 1.54) is 0 Å². The van der Waals surface area contributed by atoms with Gasteiger partial charge in [0.15, 0.2) is 0 Å². The molecule has 5 heteroatoms. The normalized spacial score (nSPS) is 18.0. The predicted molar refractivity (Wildman–Crippen MR) is 92.8 cm³/mol. The Morgan fingerprint density at radius 3 is 2.88 bits per heavy atom. The molecule has 1 aliphatic heterocycles. The molecular weight excluding hydrogens is 302 g/mol. The number of carbonyl (C=O) groups excluding carboxylic acids is 1. The maximum absolute atomic E-state index is 12.9. The van der Waals surface area contributed by atoms with Crippen molar-refractivity contribution in [2.24, 2.45) is 7.05 Å². The van der Waals surface area contributed by atoms with Crippen LogP contribution in [-0.4, -0.2) is 39.6 Å². The van der Waals surface area contributed by atoms with Crippen LogP contribution in [0.4, 0.5) is 0 Å². The summed E-state index contributed by atoms with van der Waals surface area (Å²) in [6.07, 6.45) is 3.82. The molecule has 24 heavy (non-hydrogen) atoms. The van der Waals surface area contributed by atoms with E-state index in [2.05, 4.69) is 9.55 Å². The number of amides is 1. The van der Waals surface area contributed by atoms with Crippen molar-refractivity contribution in [1.82, 2.24) is 14.5 Å². The minimum atomic E-state index is 0.0785. The van der Waals surface area contributed by atoms with Gasteiger partial charge in [-0.15, -0.1) is 0 Å². The molecule has 0 aliphatic carbocycles. The first-order valence-corrected chi connectivity index (χ1v) is 8.50. The largest absolute Gasteiger partial charge is 0.370 e. The summed E-state index contributed by atoms with van der Waals surface area (Å²) in [5.41, 5.74) is 3.86. The maximum atomic E-state index is 12.9. The van der Waals surface area contributed by atoms with Gasteiger partial charge in [0, 0.05) is 37.7 Å². The standard InChI is InChI=1S/C19H25N3O2/c1-14-11-18(15(2)21(14)3)19(23)22-10-6-8-17(12-22)24-13-16-7-4-5-9-20-16/h4-5,7,9,11,17H,6,8,10,12-13H2,1-3H3/t17-/m1/s1. The Morgan fingerprint density at radius 1 is 1.38 bits per heavy atom. The van der Waals surface area contributed by atoms with Crippen LogP contribution in [0.15, 0.2) is 30.5 Å². The number of hydrogen-bond donors (Lipinski definition) is 0. The van der Waals surface area contributed by atoms with Crippen LogP contribution in [0.2, 0.25) is 0 Å². The van der Waals surface area contributed by atoms with Gasteiger partial charge >= 0.3 is 0 Å². The SMILES string of the molecule is Cc1cc(C(=O)N2CCC[C@@H](OCc3ccccn3)C2)c(C)n1C. The van der Waals surface area contributed by atoms with Gasteiger partial charge in [-0.1, -0.05) is 6.07 Å². The van der Waals surface area contributed by atoms with Crippen LogP contribution >= 0.6 is 0 Å². The van der Waals surface area contributed by atoms with Gasteiger partial charge in [-0.25, -0.2) is 0 Å². The highest BCUT2D eigenvalue weighted by Gasteiger charge is 2.27. The summed E-state index contributed by atoms with van der Waals surface area (Å²) in [5, 5.41) is 0. The number of ether oxygens (including phenoxy) is 1. The first kappa shape index (κ1) is 16.7. The second-order valence-corrected chi connectivity index (χ2v) is 6.49. The number of piperidine rings is 1. The summed E-state index contributed by atoms with van der Waals surface area (Å²) in [6, 6.07) is 7.80. The zero-order valence-corrected chi connectivity index (χ0v) is 14.7. The maximum Gasteiger partial charge on any atom is 0.255 e. The number of pyridine rings is 1. The quantitative estimate of drug-likeness (QED) is 0.867. The minimum absolute atomic E-state index is 0.0785. The zero-order valence-electron chi connectivity index (χ0n) is 14.7. The monoisotopic (exact) mass is 327 g/mol. The van der Waals surface area contributed by atoms with Crippen molar-refractivity contribution in [3.8, 4) is 0 Å². The van der Waals surface area contributed by atoms with Crippen LogP contribution < -0.4 is 0 Å². The Morgan fingerprint density at radius 2 is 2.21 bits per heavy atom. The first-order valence-electron chi connectivity index (χ1n) is 8.50. The molecule has 1 saturated heterocycles. The number of nitrogens with zero attached hydrogens (tertiary/aromatic N) is 3. The number of hydrogen-bond acceptors (Lipinski definition) is 3. The molecule has 0 spiro atoms. The molecule has 128 valence electrons. The van der Waals surface area contributed by atoms with Crippen molar-refractivity contribution in [3.63, 3.8) is 0 Å². The topological polar surface area (TPSA) is 47.4 Å². The molecule has 0 unspecified atom stereocenters. The Labute approximate surface area is 143 Å². The molecule has 1 amide bonds. The van der Waals surface area contributed by atoms with Crippen LogP contribution in [0.5, 0.6) is 0 Å². The van der Waals surface area contributed by atoms with E-state index < -0.39 is 0 Å². The van der Waals surface area contributed by atoms with Gasteiger partial charge in [0.1, 0.15) is 0 Å². The van der Waals surface area contributed by atoms with Crippen LogP contribution in [0.25, 0.3) is 0 Å². The average Bonchev–Trinajstić information content (AvgIpc) is 2.88. The Balaban J connectivity index is 1.62. The van der Waals surface area contributed by atoms with Gasteiger partial charge < -0.3 is 14.2 Å². The smallest absolute Gasteiger partial charge is 0.255 e. The van der Waals surface area contributed by atoms with E-state index in [0.29, 0.717) is 13.2 Å². The van der Waals surface area contributed by atoms with Crippen molar-refractivity contribution in [1.29, 1.82) is 0 Å². The molecule has 2 aromatic rings. The lowest BCUT2D eigenvalue weighted by molar-refractivity contribution is -0.00787. The highest BCUT2D eigenvalue weighted by atomic mass is 16.5. The summed E-state index contributed by atoms with van der Waals surface area (Å²) < 4.78 is 8.04. The highest BCUT2D eigenvalue weighted by molar-refractivity contribution is 5.95. The molecule has 5 nitrogen and oxygen atoms in total. The molecule has 2 aromatic heterocycles. The van der Waals surface area contributed by atoms with E-state index in [1.807, 2.05) is 50.1 Å². The lowest BCUT2D eigenvalue weighted by atomic mass is 10.1. The molecule has 0 aromatic carbocycles. The molecule has 0 saturated carbocycles. The van der Waals surface area contributed by atoms with Crippen LogP contribution in [0, 0.1) is 13.8 Å². The number of likely N-dealkylation sites (tertiary alicyclic amines) is 1. The van der Waals surface area contributed by atoms with E-state index in [0.717, 1.165) is 42.0 Å². The molecule has 1 fully saturated rings. The van der Waals surface area contributed by atoms with Crippen LogP contribution in [-0.2, 0) is 18.4 Å². The fraction of sp³-hybridized carbons (Fsp3) is 0.474. The number of carbonyl (C=O) groups is 1. The minimum Gasteiger partial charge on any atom is -0.370 e. The third-order valence-corrected chi connectivity index (χ3v) is 4.86. The third-order valence-electron chi connectivity index (χ3n) is 4.86. The third kappa shape index (κ3) is 3.51. The van der Waals surface area contributed by atoms with Gasteiger partial charge in [0.05, 0.1) is 24.0 Å². The van der Waals surface area contributed by atoms with Gasteiger partial charge in [0.2, 0.25) is 0 Å². The molecule has 0 radical (unpaired) electrons. The van der Waals surface area contributed by atoms with Gasteiger partial charge in [-0.2, -0.15) is 0 Å². The van der Waals surface area contributed by atoms with Crippen molar-refractivity contribution in [2.75, 3.05) is 13.1 Å². The second-order valence-electron chi connectivity index (χ2n) is 6.49. The Hall–Kier alpha value is -2.14. The Bertz CT molecular complexity index is 709. The molecule has 3 heterocycles. The molecule has 0 bridgehead atoms. The highest BCUT2D eigenvalue weighted by Crippen LogP contribution is 2.20. The number of aryl methyl sites for hydroxylation is 1. The summed E-state index contributed by atoms with van der Waals surface area (Å²) in [4.78, 5) is 19.1. The average molecular weight is 327 g/mol. The Kier molecular flexibility index (Phi) is 5.00.